The Labute approximate surface area is 125 Å². The van der Waals surface area contributed by atoms with Gasteiger partial charge in [0.05, 0.1) is 12.3 Å². The lowest BCUT2D eigenvalue weighted by molar-refractivity contribution is 0.0917. The van der Waals surface area contributed by atoms with Gasteiger partial charge in [-0.05, 0) is 36.5 Å². The first-order chi connectivity index (χ1) is 9.96. The number of fused-ring (bicyclic) bond motifs is 1. The zero-order valence-corrected chi connectivity index (χ0v) is 12.8. The first-order valence-corrected chi connectivity index (χ1v) is 7.39. The summed E-state index contributed by atoms with van der Waals surface area (Å²) >= 11 is 0. The van der Waals surface area contributed by atoms with E-state index in [0.717, 1.165) is 24.2 Å². The number of carbonyl (C=O) groups excluding carboxylic acids is 1. The number of hydrogen-bond donors (Lipinski definition) is 1. The minimum Gasteiger partial charge on any atom is -0.469 e. The smallest absolute Gasteiger partial charge is 0.251 e. The quantitative estimate of drug-likeness (QED) is 0.904. The Bertz CT molecular complexity index is 655. The maximum Gasteiger partial charge on any atom is 0.251 e. The van der Waals surface area contributed by atoms with E-state index in [2.05, 4.69) is 19.2 Å². The highest BCUT2D eigenvalue weighted by Crippen LogP contribution is 2.42. The molecule has 1 N–H and O–H groups in total. The first kappa shape index (κ1) is 13.9. The van der Waals surface area contributed by atoms with Crippen LogP contribution in [0.1, 0.15) is 53.6 Å². The molecule has 3 heteroatoms. The Morgan fingerprint density at radius 1 is 1.29 bits per heavy atom. The Kier molecular flexibility index (Phi) is 3.36. The molecule has 1 aliphatic carbocycles. The normalized spacial score (nSPS) is 19.9. The second-order valence-corrected chi connectivity index (χ2v) is 6.69. The summed E-state index contributed by atoms with van der Waals surface area (Å²) in [6.45, 7) is 6.48. The maximum absolute atomic E-state index is 12.4. The predicted octanol–water partition coefficient (Wildman–Crippen LogP) is 4.03. The summed E-state index contributed by atoms with van der Waals surface area (Å²) in [6.07, 6.45) is 3.65. The molecule has 0 fully saturated rings. The third-order valence-corrected chi connectivity index (χ3v) is 4.19. The van der Waals surface area contributed by atoms with Gasteiger partial charge in [-0.1, -0.05) is 32.0 Å². The Hall–Kier alpha value is -2.03. The lowest BCUT2D eigenvalue weighted by Gasteiger charge is -2.35. The Balaban J connectivity index is 1.88. The number of nitrogens with one attached hydrogen (secondary N) is 1. The number of hydrogen-bond acceptors (Lipinski definition) is 2. The van der Waals surface area contributed by atoms with Crippen LogP contribution in [0.4, 0.5) is 0 Å². The van der Waals surface area contributed by atoms with Crippen LogP contribution in [-0.2, 0) is 6.42 Å². The predicted molar refractivity (Wildman–Crippen MR) is 82.2 cm³/mol. The van der Waals surface area contributed by atoms with Crippen molar-refractivity contribution in [2.24, 2.45) is 5.41 Å². The van der Waals surface area contributed by atoms with Crippen LogP contribution in [0.5, 0.6) is 0 Å². The van der Waals surface area contributed by atoms with Crippen molar-refractivity contribution in [2.45, 2.75) is 39.7 Å². The first-order valence-electron chi connectivity index (χ1n) is 7.39. The largest absolute Gasteiger partial charge is 0.469 e. The van der Waals surface area contributed by atoms with E-state index in [1.165, 1.54) is 5.56 Å². The summed E-state index contributed by atoms with van der Waals surface area (Å²) in [7, 11) is 0. The lowest BCUT2D eigenvalue weighted by Crippen LogP contribution is -2.36. The molecule has 1 aromatic carbocycles. The highest BCUT2D eigenvalue weighted by molar-refractivity contribution is 5.94. The SMILES string of the molecule is Cc1coc2c1C(NC(=O)c1ccccc1)CC(C)(C)C2. The van der Waals surface area contributed by atoms with Crippen LogP contribution in [0, 0.1) is 12.3 Å². The van der Waals surface area contributed by atoms with Crippen LogP contribution in [0.15, 0.2) is 41.0 Å². The van der Waals surface area contributed by atoms with E-state index in [1.54, 1.807) is 6.26 Å². The fourth-order valence-electron chi connectivity index (χ4n) is 3.23. The van der Waals surface area contributed by atoms with Crippen molar-refractivity contribution >= 4 is 5.91 Å². The molecule has 0 aliphatic heterocycles. The average Bonchev–Trinajstić information content (AvgIpc) is 2.79. The molecular weight excluding hydrogens is 262 g/mol. The third kappa shape index (κ3) is 2.73. The van der Waals surface area contributed by atoms with Crippen molar-refractivity contribution < 1.29 is 9.21 Å². The minimum absolute atomic E-state index is 0.0233. The monoisotopic (exact) mass is 283 g/mol. The van der Waals surface area contributed by atoms with Gasteiger partial charge in [-0.15, -0.1) is 0 Å². The number of furan rings is 1. The van der Waals surface area contributed by atoms with Crippen molar-refractivity contribution in [1.82, 2.24) is 5.32 Å². The number of aryl methyl sites for hydroxylation is 1. The molecule has 0 saturated heterocycles. The van der Waals surface area contributed by atoms with E-state index >= 15 is 0 Å². The van der Waals surface area contributed by atoms with Crippen molar-refractivity contribution in [3.63, 3.8) is 0 Å². The van der Waals surface area contributed by atoms with E-state index < -0.39 is 0 Å². The van der Waals surface area contributed by atoms with Crippen LogP contribution >= 0.6 is 0 Å². The molecule has 0 bridgehead atoms. The standard InChI is InChI=1S/C18H21NO2/c1-12-11-21-15-10-18(2,3)9-14(16(12)15)19-17(20)13-7-5-4-6-8-13/h4-8,11,14H,9-10H2,1-3H3,(H,19,20). The van der Waals surface area contributed by atoms with E-state index in [1.807, 2.05) is 37.3 Å². The molecule has 1 aliphatic rings. The van der Waals surface area contributed by atoms with Gasteiger partial charge in [0, 0.05) is 17.5 Å². The summed E-state index contributed by atoms with van der Waals surface area (Å²) in [5.74, 6) is 0.993. The third-order valence-electron chi connectivity index (χ3n) is 4.19. The number of rotatable bonds is 2. The lowest BCUT2D eigenvalue weighted by atomic mass is 9.74. The van der Waals surface area contributed by atoms with Crippen LogP contribution < -0.4 is 5.32 Å². The van der Waals surface area contributed by atoms with Crippen molar-refractivity contribution in [2.75, 3.05) is 0 Å². The van der Waals surface area contributed by atoms with Gasteiger partial charge in [-0.25, -0.2) is 0 Å². The Morgan fingerprint density at radius 3 is 2.71 bits per heavy atom. The molecule has 1 aromatic heterocycles. The molecule has 1 amide bonds. The van der Waals surface area contributed by atoms with Gasteiger partial charge in [0.15, 0.2) is 0 Å². The molecule has 1 atom stereocenters. The van der Waals surface area contributed by atoms with Crippen molar-refractivity contribution in [3.05, 3.63) is 59.0 Å². The second-order valence-electron chi connectivity index (χ2n) is 6.69. The molecule has 2 aromatic rings. The maximum atomic E-state index is 12.4. The fraction of sp³-hybridized carbons (Fsp3) is 0.389. The van der Waals surface area contributed by atoms with Crippen molar-refractivity contribution in [1.29, 1.82) is 0 Å². The highest BCUT2D eigenvalue weighted by atomic mass is 16.3. The zero-order chi connectivity index (χ0) is 15.0. The van der Waals surface area contributed by atoms with Gasteiger partial charge < -0.3 is 9.73 Å². The van der Waals surface area contributed by atoms with Gasteiger partial charge in [0.2, 0.25) is 0 Å². The van der Waals surface area contributed by atoms with E-state index in [0.29, 0.717) is 5.56 Å². The van der Waals surface area contributed by atoms with E-state index in [-0.39, 0.29) is 17.4 Å². The van der Waals surface area contributed by atoms with E-state index in [9.17, 15) is 4.79 Å². The number of benzene rings is 1. The molecule has 3 rings (SSSR count). The summed E-state index contributed by atoms with van der Waals surface area (Å²) in [6, 6.07) is 9.38. The summed E-state index contributed by atoms with van der Waals surface area (Å²) in [5.41, 5.74) is 3.12. The van der Waals surface area contributed by atoms with E-state index in [4.69, 9.17) is 4.42 Å². The average molecular weight is 283 g/mol. The summed E-state index contributed by atoms with van der Waals surface area (Å²) in [5, 5.41) is 3.17. The molecule has 1 unspecified atom stereocenters. The number of carbonyl (C=O) groups is 1. The fourth-order valence-corrected chi connectivity index (χ4v) is 3.23. The topological polar surface area (TPSA) is 42.2 Å². The molecule has 1 heterocycles. The molecule has 0 spiro atoms. The summed E-state index contributed by atoms with van der Waals surface area (Å²) < 4.78 is 5.69. The van der Waals surface area contributed by atoms with Gasteiger partial charge in [0.25, 0.3) is 5.91 Å². The molecule has 0 saturated carbocycles. The Morgan fingerprint density at radius 2 is 2.00 bits per heavy atom. The van der Waals surface area contributed by atoms with Crippen LogP contribution in [0.3, 0.4) is 0 Å². The molecular formula is C18H21NO2. The van der Waals surface area contributed by atoms with Gasteiger partial charge >= 0.3 is 0 Å². The molecule has 0 radical (unpaired) electrons. The molecule has 21 heavy (non-hydrogen) atoms. The number of amides is 1. The summed E-state index contributed by atoms with van der Waals surface area (Å²) in [4.78, 5) is 12.4. The second kappa shape index (κ2) is 5.06. The van der Waals surface area contributed by atoms with Gasteiger partial charge in [-0.2, -0.15) is 0 Å². The van der Waals surface area contributed by atoms with Crippen LogP contribution in [0.25, 0.3) is 0 Å². The molecule has 110 valence electrons. The molecule has 3 nitrogen and oxygen atoms in total. The highest BCUT2D eigenvalue weighted by Gasteiger charge is 2.36. The van der Waals surface area contributed by atoms with Gasteiger partial charge in [0.1, 0.15) is 5.76 Å². The zero-order valence-electron chi connectivity index (χ0n) is 12.8. The minimum atomic E-state index is -0.0233. The van der Waals surface area contributed by atoms with Crippen molar-refractivity contribution in [3.8, 4) is 0 Å². The van der Waals surface area contributed by atoms with Crippen LogP contribution in [-0.4, -0.2) is 5.91 Å². The van der Waals surface area contributed by atoms with Crippen LogP contribution in [0.2, 0.25) is 0 Å². The van der Waals surface area contributed by atoms with Gasteiger partial charge in [-0.3, -0.25) is 4.79 Å².